The van der Waals surface area contributed by atoms with Gasteiger partial charge in [0.05, 0.1) is 25.5 Å². The Kier molecular flexibility index (Phi) is 5.59. The summed E-state index contributed by atoms with van der Waals surface area (Å²) in [6.07, 6.45) is 2.71. The molecule has 1 aliphatic rings. The summed E-state index contributed by atoms with van der Waals surface area (Å²) in [4.78, 5) is 13.0. The molecule has 1 aromatic heterocycles. The van der Waals surface area contributed by atoms with Crippen molar-refractivity contribution in [3.63, 3.8) is 0 Å². The Bertz CT molecular complexity index is 926. The van der Waals surface area contributed by atoms with Crippen molar-refractivity contribution < 1.29 is 4.21 Å². The first-order valence-corrected chi connectivity index (χ1v) is 11.3. The van der Waals surface area contributed by atoms with E-state index in [1.807, 2.05) is 10.4 Å². The quantitative estimate of drug-likeness (QED) is 0.615. The summed E-state index contributed by atoms with van der Waals surface area (Å²) in [5, 5.41) is 1.27. The van der Waals surface area contributed by atoms with Crippen LogP contribution in [-0.2, 0) is 9.73 Å². The van der Waals surface area contributed by atoms with Crippen molar-refractivity contribution in [2.75, 3.05) is 32.4 Å². The van der Waals surface area contributed by atoms with Crippen molar-refractivity contribution in [3.05, 3.63) is 40.9 Å². The van der Waals surface area contributed by atoms with E-state index in [-0.39, 0.29) is 0 Å². The number of nitrogens with zero attached hydrogens (tertiary/aromatic N) is 4. The molecule has 1 fully saturated rings. The van der Waals surface area contributed by atoms with E-state index in [4.69, 9.17) is 10.5 Å². The number of aromatic nitrogens is 1. The Morgan fingerprint density at radius 3 is 2.85 bits per heavy atom. The zero-order chi connectivity index (χ0) is 18.7. The van der Waals surface area contributed by atoms with Crippen molar-refractivity contribution in [2.24, 2.45) is 10.7 Å². The van der Waals surface area contributed by atoms with Gasteiger partial charge in [-0.25, -0.2) is 19.0 Å². The maximum Gasteiger partial charge on any atom is 0.196 e. The standard InChI is InChI=1S/C17H24N6OS2/c1-13(14-3-4-16-15(11-14)21-12-25-16)22-6-8-23(9-7-22)17(18)20-5-10-26(2,19)24/h3-5,10-13,19H,6-9H2,1-2H3,(H2,18,20)/b10-5+/t13-,26-/m0/s1. The fraction of sp³-hybridized carbons (Fsp3) is 0.412. The number of hydrogen-bond donors (Lipinski definition) is 2. The van der Waals surface area contributed by atoms with Gasteiger partial charge in [-0.3, -0.25) is 4.90 Å². The van der Waals surface area contributed by atoms with Crippen molar-refractivity contribution in [1.82, 2.24) is 14.8 Å². The van der Waals surface area contributed by atoms with Gasteiger partial charge in [0.2, 0.25) is 0 Å². The van der Waals surface area contributed by atoms with E-state index in [1.54, 1.807) is 11.3 Å². The molecule has 0 saturated carbocycles. The van der Waals surface area contributed by atoms with Crippen molar-refractivity contribution in [3.8, 4) is 0 Å². The van der Waals surface area contributed by atoms with Crippen LogP contribution >= 0.6 is 11.3 Å². The number of benzene rings is 1. The van der Waals surface area contributed by atoms with E-state index < -0.39 is 9.73 Å². The molecule has 2 aromatic rings. The Morgan fingerprint density at radius 1 is 1.42 bits per heavy atom. The van der Waals surface area contributed by atoms with Gasteiger partial charge >= 0.3 is 0 Å². The third-order valence-electron chi connectivity index (χ3n) is 4.55. The topological polar surface area (TPSA) is 98.7 Å². The highest BCUT2D eigenvalue weighted by molar-refractivity contribution is 7.94. The van der Waals surface area contributed by atoms with Gasteiger partial charge in [-0.2, -0.15) is 0 Å². The fourth-order valence-electron chi connectivity index (χ4n) is 2.99. The van der Waals surface area contributed by atoms with E-state index in [1.165, 1.54) is 28.1 Å². The minimum absolute atomic E-state index is 0.314. The van der Waals surface area contributed by atoms with Crippen LogP contribution in [0.1, 0.15) is 18.5 Å². The van der Waals surface area contributed by atoms with Crippen LogP contribution in [0.4, 0.5) is 0 Å². The molecule has 0 radical (unpaired) electrons. The molecule has 0 amide bonds. The number of piperazine rings is 1. The lowest BCUT2D eigenvalue weighted by atomic mass is 10.1. The van der Waals surface area contributed by atoms with Gasteiger partial charge in [-0.05, 0) is 24.6 Å². The zero-order valence-electron chi connectivity index (χ0n) is 15.0. The van der Waals surface area contributed by atoms with Crippen LogP contribution in [0.3, 0.4) is 0 Å². The Hall–Kier alpha value is -1.97. The second-order valence-electron chi connectivity index (χ2n) is 6.45. The Labute approximate surface area is 158 Å². The molecular formula is C17H24N6OS2. The van der Waals surface area contributed by atoms with Crippen LogP contribution in [0.15, 0.2) is 40.3 Å². The van der Waals surface area contributed by atoms with Crippen LogP contribution in [-0.4, -0.2) is 57.4 Å². The normalized spacial score (nSPS) is 20.5. The van der Waals surface area contributed by atoms with Crippen LogP contribution in [0.5, 0.6) is 0 Å². The molecule has 1 aliphatic heterocycles. The smallest absolute Gasteiger partial charge is 0.196 e. The predicted octanol–water partition coefficient (Wildman–Crippen LogP) is 2.44. The number of nitrogens with two attached hydrogens (primary N) is 1. The second kappa shape index (κ2) is 7.73. The van der Waals surface area contributed by atoms with Gasteiger partial charge < -0.3 is 10.6 Å². The molecule has 1 aromatic carbocycles. The SMILES string of the molecule is C[C@@H](c1ccc2scnc2c1)N1CCN(/C(N)=N/C=C/[S@@](C)(=N)=O)CC1. The molecule has 0 bridgehead atoms. The third kappa shape index (κ3) is 4.60. The number of aliphatic imine (C=N–C) groups is 1. The first-order valence-electron chi connectivity index (χ1n) is 8.39. The van der Waals surface area contributed by atoms with E-state index >= 15 is 0 Å². The summed E-state index contributed by atoms with van der Waals surface area (Å²) >= 11 is 1.66. The highest BCUT2D eigenvalue weighted by Gasteiger charge is 2.23. The molecule has 7 nitrogen and oxygen atoms in total. The summed E-state index contributed by atoms with van der Waals surface area (Å²) < 4.78 is 19.8. The van der Waals surface area contributed by atoms with Crippen molar-refractivity contribution in [1.29, 1.82) is 4.78 Å². The molecule has 0 unspecified atom stereocenters. The van der Waals surface area contributed by atoms with Gasteiger partial charge in [0.15, 0.2) is 5.96 Å². The molecule has 9 heteroatoms. The van der Waals surface area contributed by atoms with Gasteiger partial charge in [0.1, 0.15) is 0 Å². The lowest BCUT2D eigenvalue weighted by molar-refractivity contribution is 0.140. The highest BCUT2D eigenvalue weighted by atomic mass is 32.2. The van der Waals surface area contributed by atoms with E-state index in [9.17, 15) is 4.21 Å². The van der Waals surface area contributed by atoms with Crippen LogP contribution in [0, 0.1) is 4.78 Å². The number of guanidine groups is 1. The minimum Gasteiger partial charge on any atom is -0.370 e. The average Bonchev–Trinajstić information content (AvgIpc) is 3.07. The molecule has 2 heterocycles. The second-order valence-corrected chi connectivity index (χ2v) is 9.42. The predicted molar refractivity (Wildman–Crippen MR) is 109 cm³/mol. The molecule has 26 heavy (non-hydrogen) atoms. The number of fused-ring (bicyclic) bond motifs is 1. The number of rotatable bonds is 4. The Morgan fingerprint density at radius 2 is 2.15 bits per heavy atom. The maximum absolute atomic E-state index is 11.3. The molecule has 3 N–H and O–H groups in total. The fourth-order valence-corrected chi connectivity index (χ4v) is 3.94. The van der Waals surface area contributed by atoms with Crippen molar-refractivity contribution in [2.45, 2.75) is 13.0 Å². The van der Waals surface area contributed by atoms with E-state index in [0.29, 0.717) is 12.0 Å². The van der Waals surface area contributed by atoms with E-state index in [2.05, 4.69) is 40.0 Å². The lowest BCUT2D eigenvalue weighted by Gasteiger charge is -2.38. The number of thiazole rings is 1. The molecule has 0 aliphatic carbocycles. The average molecular weight is 393 g/mol. The van der Waals surface area contributed by atoms with Gasteiger partial charge in [0, 0.05) is 50.1 Å². The summed E-state index contributed by atoms with van der Waals surface area (Å²) in [5.74, 6) is 0.404. The van der Waals surface area contributed by atoms with Crippen LogP contribution in [0.25, 0.3) is 10.2 Å². The first kappa shape index (κ1) is 18.8. The maximum atomic E-state index is 11.3. The van der Waals surface area contributed by atoms with Gasteiger partial charge in [-0.15, -0.1) is 11.3 Å². The summed E-state index contributed by atoms with van der Waals surface area (Å²) in [5.41, 5.74) is 10.2. The van der Waals surface area contributed by atoms with Gasteiger partial charge in [-0.1, -0.05) is 6.07 Å². The lowest BCUT2D eigenvalue weighted by Crippen LogP contribution is -2.51. The molecular weight excluding hydrogens is 368 g/mol. The summed E-state index contributed by atoms with van der Waals surface area (Å²) in [6.45, 7) is 5.57. The van der Waals surface area contributed by atoms with Crippen LogP contribution < -0.4 is 5.73 Å². The molecule has 3 rings (SSSR count). The molecule has 0 spiro atoms. The molecule has 2 atom stereocenters. The van der Waals surface area contributed by atoms with Crippen molar-refractivity contribution >= 4 is 37.2 Å². The van der Waals surface area contributed by atoms with Crippen LogP contribution in [0.2, 0.25) is 0 Å². The largest absolute Gasteiger partial charge is 0.370 e. The summed E-state index contributed by atoms with van der Waals surface area (Å²) in [7, 11) is -2.69. The monoisotopic (exact) mass is 392 g/mol. The highest BCUT2D eigenvalue weighted by Crippen LogP contribution is 2.26. The third-order valence-corrected chi connectivity index (χ3v) is 6.00. The number of hydrogen-bond acceptors (Lipinski definition) is 6. The zero-order valence-corrected chi connectivity index (χ0v) is 16.6. The summed E-state index contributed by atoms with van der Waals surface area (Å²) in [6, 6.07) is 6.81. The van der Waals surface area contributed by atoms with Gasteiger partial charge in [0.25, 0.3) is 0 Å². The minimum atomic E-state index is -2.69. The molecule has 1 saturated heterocycles. The Balaban J connectivity index is 1.60. The first-order chi connectivity index (χ1) is 12.3. The molecule has 140 valence electrons. The number of nitrogens with one attached hydrogen (secondary N) is 1. The van der Waals surface area contributed by atoms with E-state index in [0.717, 1.165) is 31.7 Å².